The first-order valence-electron chi connectivity index (χ1n) is 5.31. The van der Waals surface area contributed by atoms with Crippen LogP contribution in [0.4, 0.5) is 0 Å². The van der Waals surface area contributed by atoms with Crippen molar-refractivity contribution < 1.29 is 4.74 Å². The van der Waals surface area contributed by atoms with E-state index in [0.717, 1.165) is 33.2 Å². The molecule has 0 saturated carbocycles. The summed E-state index contributed by atoms with van der Waals surface area (Å²) in [4.78, 5) is 7.59. The van der Waals surface area contributed by atoms with Crippen molar-refractivity contribution in [3.8, 4) is 5.75 Å². The van der Waals surface area contributed by atoms with Crippen molar-refractivity contribution in [1.29, 1.82) is 0 Å². The zero-order valence-corrected chi connectivity index (χ0v) is 10.3. The third-order valence-electron chi connectivity index (χ3n) is 2.95. The number of H-pyrrole nitrogens is 1. The van der Waals surface area contributed by atoms with Crippen LogP contribution in [0.15, 0.2) is 24.3 Å². The summed E-state index contributed by atoms with van der Waals surface area (Å²) >= 11 is 5.99. The van der Waals surface area contributed by atoms with E-state index in [2.05, 4.69) is 9.97 Å². The molecule has 17 heavy (non-hydrogen) atoms. The predicted molar refractivity (Wildman–Crippen MR) is 69.9 cm³/mol. The Kier molecular flexibility index (Phi) is 2.23. The van der Waals surface area contributed by atoms with Crippen molar-refractivity contribution in [1.82, 2.24) is 9.97 Å². The molecule has 3 rings (SSSR count). The average molecular weight is 247 g/mol. The second kappa shape index (κ2) is 3.64. The van der Waals surface area contributed by atoms with Gasteiger partial charge in [0.05, 0.1) is 23.8 Å². The van der Waals surface area contributed by atoms with Crippen LogP contribution in [0.25, 0.3) is 21.8 Å². The van der Waals surface area contributed by atoms with Crippen LogP contribution in [0.3, 0.4) is 0 Å². The van der Waals surface area contributed by atoms with Gasteiger partial charge in [-0.05, 0) is 25.1 Å². The number of aromatic amines is 1. The third kappa shape index (κ3) is 1.54. The van der Waals surface area contributed by atoms with Gasteiger partial charge in [-0.25, -0.2) is 4.98 Å². The topological polar surface area (TPSA) is 37.9 Å². The van der Waals surface area contributed by atoms with Crippen LogP contribution in [0.2, 0.25) is 5.15 Å². The van der Waals surface area contributed by atoms with Crippen molar-refractivity contribution in [2.75, 3.05) is 7.11 Å². The second-order valence-electron chi connectivity index (χ2n) is 3.99. The summed E-state index contributed by atoms with van der Waals surface area (Å²) in [7, 11) is 1.66. The second-order valence-corrected chi connectivity index (χ2v) is 4.38. The molecule has 0 aliphatic rings. The Labute approximate surface area is 103 Å². The van der Waals surface area contributed by atoms with Gasteiger partial charge >= 0.3 is 0 Å². The molecule has 0 saturated heterocycles. The van der Waals surface area contributed by atoms with Crippen molar-refractivity contribution >= 4 is 33.4 Å². The predicted octanol–water partition coefficient (Wildman–Crippen LogP) is 3.69. The molecule has 0 amide bonds. The van der Waals surface area contributed by atoms with Gasteiger partial charge in [-0.2, -0.15) is 0 Å². The molecule has 0 bridgehead atoms. The number of halogens is 1. The fourth-order valence-corrected chi connectivity index (χ4v) is 2.36. The highest BCUT2D eigenvalue weighted by molar-refractivity contribution is 6.30. The molecule has 3 nitrogen and oxygen atoms in total. The molecule has 0 spiro atoms. The Balaban J connectivity index is 2.45. The van der Waals surface area contributed by atoms with Crippen LogP contribution in [-0.4, -0.2) is 17.1 Å². The van der Waals surface area contributed by atoms with Crippen molar-refractivity contribution in [3.63, 3.8) is 0 Å². The number of benzene rings is 1. The van der Waals surface area contributed by atoms with Gasteiger partial charge in [0.2, 0.25) is 0 Å². The molecular formula is C13H11ClN2O. The number of ether oxygens (including phenoxy) is 1. The molecule has 3 aromatic rings. The standard InChI is InChI=1S/C13H11ClN2O/c1-7-13-10(6-12(14)15-7)9-4-3-8(17-2)5-11(9)16-13/h3-6,16H,1-2H3. The average Bonchev–Trinajstić information content (AvgIpc) is 2.67. The van der Waals surface area contributed by atoms with E-state index < -0.39 is 0 Å². The molecule has 0 fully saturated rings. The van der Waals surface area contributed by atoms with Crippen LogP contribution in [-0.2, 0) is 0 Å². The number of rotatable bonds is 1. The van der Waals surface area contributed by atoms with Crippen LogP contribution in [0, 0.1) is 6.92 Å². The minimum absolute atomic E-state index is 0.520. The number of methoxy groups -OCH3 is 1. The van der Waals surface area contributed by atoms with E-state index in [1.165, 1.54) is 0 Å². The molecule has 0 aliphatic carbocycles. The first-order valence-corrected chi connectivity index (χ1v) is 5.69. The molecule has 1 aromatic carbocycles. The Hall–Kier alpha value is -1.74. The number of pyridine rings is 1. The van der Waals surface area contributed by atoms with E-state index in [1.54, 1.807) is 7.11 Å². The van der Waals surface area contributed by atoms with Gasteiger partial charge in [-0.1, -0.05) is 11.6 Å². The lowest BCUT2D eigenvalue weighted by Gasteiger charge is -1.98. The summed E-state index contributed by atoms with van der Waals surface area (Å²) in [6.07, 6.45) is 0. The minimum atomic E-state index is 0.520. The maximum absolute atomic E-state index is 5.99. The summed E-state index contributed by atoms with van der Waals surface area (Å²) < 4.78 is 5.21. The smallest absolute Gasteiger partial charge is 0.130 e. The van der Waals surface area contributed by atoms with Gasteiger partial charge in [0.1, 0.15) is 10.9 Å². The molecule has 2 aromatic heterocycles. The highest BCUT2D eigenvalue weighted by atomic mass is 35.5. The van der Waals surface area contributed by atoms with Gasteiger partial charge in [0.25, 0.3) is 0 Å². The molecular weight excluding hydrogens is 236 g/mol. The molecule has 1 N–H and O–H groups in total. The Morgan fingerprint density at radius 2 is 2.06 bits per heavy atom. The molecule has 86 valence electrons. The van der Waals surface area contributed by atoms with Crippen LogP contribution < -0.4 is 4.74 Å². The number of nitrogens with one attached hydrogen (secondary N) is 1. The fourth-order valence-electron chi connectivity index (χ4n) is 2.13. The van der Waals surface area contributed by atoms with Crippen LogP contribution in [0.5, 0.6) is 5.75 Å². The first kappa shape index (κ1) is 10.4. The number of fused-ring (bicyclic) bond motifs is 3. The largest absolute Gasteiger partial charge is 0.497 e. The fraction of sp³-hybridized carbons (Fsp3) is 0.154. The van der Waals surface area contributed by atoms with Crippen molar-refractivity contribution in [2.24, 2.45) is 0 Å². The molecule has 0 atom stereocenters. The quantitative estimate of drug-likeness (QED) is 0.665. The zero-order chi connectivity index (χ0) is 12.0. The van der Waals surface area contributed by atoms with E-state index in [4.69, 9.17) is 16.3 Å². The Bertz CT molecular complexity index is 718. The van der Waals surface area contributed by atoms with E-state index in [0.29, 0.717) is 5.15 Å². The van der Waals surface area contributed by atoms with E-state index in [9.17, 15) is 0 Å². The molecule has 4 heteroatoms. The summed E-state index contributed by atoms with van der Waals surface area (Å²) in [6.45, 7) is 1.95. The van der Waals surface area contributed by atoms with Gasteiger partial charge < -0.3 is 9.72 Å². The number of aryl methyl sites for hydroxylation is 1. The van der Waals surface area contributed by atoms with Crippen LogP contribution >= 0.6 is 11.6 Å². The lowest BCUT2D eigenvalue weighted by molar-refractivity contribution is 0.415. The Morgan fingerprint density at radius 1 is 1.24 bits per heavy atom. The summed E-state index contributed by atoms with van der Waals surface area (Å²) in [5.41, 5.74) is 2.96. The van der Waals surface area contributed by atoms with E-state index in [-0.39, 0.29) is 0 Å². The first-order chi connectivity index (χ1) is 8.19. The molecule has 0 unspecified atom stereocenters. The lowest BCUT2D eigenvalue weighted by atomic mass is 10.1. The molecule has 0 aliphatic heterocycles. The SMILES string of the molecule is COc1ccc2c(c1)[nH]c1c(C)nc(Cl)cc12. The highest BCUT2D eigenvalue weighted by Gasteiger charge is 2.09. The highest BCUT2D eigenvalue weighted by Crippen LogP contribution is 2.30. The van der Waals surface area contributed by atoms with Gasteiger partial charge in [-0.15, -0.1) is 0 Å². The monoisotopic (exact) mass is 246 g/mol. The summed E-state index contributed by atoms with van der Waals surface area (Å²) in [5.74, 6) is 0.834. The van der Waals surface area contributed by atoms with Crippen LogP contribution in [0.1, 0.15) is 5.69 Å². The van der Waals surface area contributed by atoms with E-state index in [1.807, 2.05) is 31.2 Å². The van der Waals surface area contributed by atoms with Gasteiger partial charge in [0.15, 0.2) is 0 Å². The lowest BCUT2D eigenvalue weighted by Crippen LogP contribution is -1.83. The van der Waals surface area contributed by atoms with Gasteiger partial charge in [0, 0.05) is 16.8 Å². The van der Waals surface area contributed by atoms with Crippen molar-refractivity contribution in [3.05, 3.63) is 35.1 Å². The zero-order valence-electron chi connectivity index (χ0n) is 9.54. The van der Waals surface area contributed by atoms with Gasteiger partial charge in [-0.3, -0.25) is 0 Å². The van der Waals surface area contributed by atoms with Crippen molar-refractivity contribution in [2.45, 2.75) is 6.92 Å². The number of hydrogen-bond acceptors (Lipinski definition) is 2. The Morgan fingerprint density at radius 3 is 2.82 bits per heavy atom. The normalized spacial score (nSPS) is 11.2. The number of hydrogen-bond donors (Lipinski definition) is 1. The number of aromatic nitrogens is 2. The summed E-state index contributed by atoms with van der Waals surface area (Å²) in [5, 5.41) is 2.75. The van der Waals surface area contributed by atoms with E-state index >= 15 is 0 Å². The third-order valence-corrected chi connectivity index (χ3v) is 3.14. The summed E-state index contributed by atoms with van der Waals surface area (Å²) in [6, 6.07) is 7.83. The maximum atomic E-state index is 5.99. The minimum Gasteiger partial charge on any atom is -0.497 e. The molecule has 2 heterocycles. The maximum Gasteiger partial charge on any atom is 0.130 e. The number of nitrogens with zero attached hydrogens (tertiary/aromatic N) is 1. The molecule has 0 radical (unpaired) electrons.